The molecule has 1 unspecified atom stereocenters. The number of hydrogen-bond acceptors (Lipinski definition) is 5. The Hall–Kier alpha value is -2.06. The molecule has 2 N–H and O–H groups in total. The van der Waals surface area contributed by atoms with E-state index >= 15 is 0 Å². The summed E-state index contributed by atoms with van der Waals surface area (Å²) in [6.07, 6.45) is 0.907. The number of H-pyrrole nitrogens is 1. The van der Waals surface area contributed by atoms with E-state index < -0.39 is 10.0 Å². The van der Waals surface area contributed by atoms with Gasteiger partial charge in [0.05, 0.1) is 12.7 Å². The number of imidazole rings is 1. The number of benzene rings is 1. The van der Waals surface area contributed by atoms with Gasteiger partial charge >= 0.3 is 0 Å². The molecule has 3 rings (SSSR count). The molecule has 0 spiro atoms. The predicted octanol–water partition coefficient (Wildman–Crippen LogP) is 0.836. The normalized spacial score (nSPS) is 17.7. The second-order valence-electron chi connectivity index (χ2n) is 4.68. The Morgan fingerprint density at radius 3 is 2.86 bits per heavy atom. The third-order valence-electron chi connectivity index (χ3n) is 3.04. The first-order valence-corrected chi connectivity index (χ1v) is 7.93. The summed E-state index contributed by atoms with van der Waals surface area (Å²) >= 11 is 0. The van der Waals surface area contributed by atoms with E-state index in [1.165, 1.54) is 6.20 Å². The predicted molar refractivity (Wildman–Crippen MR) is 74.9 cm³/mol. The zero-order chi connectivity index (χ0) is 14.9. The number of para-hydroxylation sites is 2. The highest BCUT2D eigenvalue weighted by molar-refractivity contribution is 7.89. The van der Waals surface area contributed by atoms with E-state index in [0.29, 0.717) is 23.9 Å². The SMILES string of the molecule is Cc1ncc(S(=O)(=O)NCC2COc3ccccc3O2)[nH]1. The molecule has 0 fully saturated rings. The summed E-state index contributed by atoms with van der Waals surface area (Å²) in [6.45, 7) is 2.10. The number of nitrogens with one attached hydrogen (secondary N) is 2. The number of aromatic amines is 1. The Morgan fingerprint density at radius 2 is 2.14 bits per heavy atom. The molecule has 21 heavy (non-hydrogen) atoms. The van der Waals surface area contributed by atoms with Crippen molar-refractivity contribution in [3.63, 3.8) is 0 Å². The van der Waals surface area contributed by atoms with Crippen LogP contribution in [-0.4, -0.2) is 37.6 Å². The Labute approximate surface area is 122 Å². The summed E-state index contributed by atoms with van der Waals surface area (Å²) in [7, 11) is -3.62. The minimum absolute atomic E-state index is 0.0390. The first kappa shape index (κ1) is 13.9. The van der Waals surface area contributed by atoms with Gasteiger partial charge in [0.25, 0.3) is 10.0 Å². The molecule has 1 aliphatic heterocycles. The molecule has 1 atom stereocenters. The summed E-state index contributed by atoms with van der Waals surface area (Å²) < 4.78 is 37.8. The van der Waals surface area contributed by atoms with Gasteiger partial charge in [-0.2, -0.15) is 0 Å². The zero-order valence-electron chi connectivity index (χ0n) is 11.4. The van der Waals surface area contributed by atoms with Crippen LogP contribution < -0.4 is 14.2 Å². The molecule has 1 aromatic heterocycles. The summed E-state index contributed by atoms with van der Waals surface area (Å²) in [5, 5.41) is 0.0390. The first-order valence-electron chi connectivity index (χ1n) is 6.44. The third-order valence-corrected chi connectivity index (χ3v) is 4.37. The van der Waals surface area contributed by atoms with Gasteiger partial charge in [-0.3, -0.25) is 0 Å². The number of aryl methyl sites for hydroxylation is 1. The Bertz CT molecular complexity index is 741. The van der Waals surface area contributed by atoms with Crippen LogP contribution in [0.2, 0.25) is 0 Å². The van der Waals surface area contributed by atoms with Gasteiger partial charge < -0.3 is 14.5 Å². The average molecular weight is 309 g/mol. The molecule has 0 bridgehead atoms. The van der Waals surface area contributed by atoms with Gasteiger partial charge in [-0.25, -0.2) is 18.1 Å². The van der Waals surface area contributed by atoms with Crippen LogP contribution in [0.25, 0.3) is 0 Å². The number of ether oxygens (including phenoxy) is 2. The van der Waals surface area contributed by atoms with Crippen LogP contribution in [0.4, 0.5) is 0 Å². The second kappa shape index (κ2) is 5.38. The lowest BCUT2D eigenvalue weighted by molar-refractivity contribution is 0.0943. The van der Waals surface area contributed by atoms with Crippen molar-refractivity contribution < 1.29 is 17.9 Å². The minimum atomic E-state index is -3.62. The summed E-state index contributed by atoms with van der Waals surface area (Å²) in [5.74, 6) is 1.83. The molecule has 2 aromatic rings. The Kier molecular flexibility index (Phi) is 3.56. The lowest BCUT2D eigenvalue weighted by Crippen LogP contribution is -2.40. The largest absolute Gasteiger partial charge is 0.486 e. The van der Waals surface area contributed by atoms with E-state index in [0.717, 1.165) is 0 Å². The first-order chi connectivity index (χ1) is 10.0. The number of sulfonamides is 1. The molecule has 0 aliphatic carbocycles. The molecule has 1 aromatic carbocycles. The van der Waals surface area contributed by atoms with Gasteiger partial charge in [-0.1, -0.05) is 12.1 Å². The molecule has 8 heteroatoms. The maximum Gasteiger partial charge on any atom is 0.257 e. The van der Waals surface area contributed by atoms with E-state index in [1.54, 1.807) is 13.0 Å². The maximum absolute atomic E-state index is 12.1. The molecular weight excluding hydrogens is 294 g/mol. The molecule has 0 radical (unpaired) electrons. The average Bonchev–Trinajstić information content (AvgIpc) is 2.92. The van der Waals surface area contributed by atoms with Gasteiger partial charge in [0.1, 0.15) is 18.5 Å². The van der Waals surface area contributed by atoms with Gasteiger partial charge in [-0.05, 0) is 19.1 Å². The van der Waals surface area contributed by atoms with E-state index in [9.17, 15) is 8.42 Å². The molecule has 7 nitrogen and oxygen atoms in total. The van der Waals surface area contributed by atoms with Crippen molar-refractivity contribution in [3.05, 3.63) is 36.3 Å². The van der Waals surface area contributed by atoms with E-state index in [2.05, 4.69) is 14.7 Å². The van der Waals surface area contributed by atoms with Crippen molar-refractivity contribution >= 4 is 10.0 Å². The van der Waals surface area contributed by atoms with Crippen molar-refractivity contribution in [2.75, 3.05) is 13.2 Å². The fourth-order valence-corrected chi connectivity index (χ4v) is 3.01. The highest BCUT2D eigenvalue weighted by Gasteiger charge is 2.24. The third kappa shape index (κ3) is 3.01. The highest BCUT2D eigenvalue weighted by atomic mass is 32.2. The van der Waals surface area contributed by atoms with E-state index in [4.69, 9.17) is 9.47 Å². The second-order valence-corrected chi connectivity index (χ2v) is 6.42. The van der Waals surface area contributed by atoms with Crippen molar-refractivity contribution in [2.24, 2.45) is 0 Å². The highest BCUT2D eigenvalue weighted by Crippen LogP contribution is 2.30. The van der Waals surface area contributed by atoms with Crippen LogP contribution in [0.5, 0.6) is 11.5 Å². The van der Waals surface area contributed by atoms with Crippen LogP contribution in [0.15, 0.2) is 35.5 Å². The standard InChI is InChI=1S/C13H15N3O4S/c1-9-14-7-13(16-9)21(17,18)15-6-10-8-19-11-4-2-3-5-12(11)20-10/h2-5,7,10,15H,6,8H2,1H3,(H,14,16). The fraction of sp³-hybridized carbons (Fsp3) is 0.308. The minimum Gasteiger partial charge on any atom is -0.486 e. The number of rotatable bonds is 4. The molecule has 112 valence electrons. The van der Waals surface area contributed by atoms with Crippen molar-refractivity contribution in [1.29, 1.82) is 0 Å². The van der Waals surface area contributed by atoms with Gasteiger partial charge in [0, 0.05) is 0 Å². The zero-order valence-corrected chi connectivity index (χ0v) is 12.2. The molecule has 0 saturated carbocycles. The fourth-order valence-electron chi connectivity index (χ4n) is 1.98. The van der Waals surface area contributed by atoms with Gasteiger partial charge in [-0.15, -0.1) is 0 Å². The monoisotopic (exact) mass is 309 g/mol. The quantitative estimate of drug-likeness (QED) is 0.873. The van der Waals surface area contributed by atoms with Crippen molar-refractivity contribution in [2.45, 2.75) is 18.1 Å². The van der Waals surface area contributed by atoms with Crippen molar-refractivity contribution in [3.8, 4) is 11.5 Å². The molecule has 2 heterocycles. The number of fused-ring (bicyclic) bond motifs is 1. The topological polar surface area (TPSA) is 93.3 Å². The van der Waals surface area contributed by atoms with E-state index in [-0.39, 0.29) is 17.7 Å². The van der Waals surface area contributed by atoms with Crippen LogP contribution in [0.3, 0.4) is 0 Å². The molecule has 0 saturated heterocycles. The smallest absolute Gasteiger partial charge is 0.257 e. The summed E-state index contributed by atoms with van der Waals surface area (Å²) in [6, 6.07) is 7.28. The number of aromatic nitrogens is 2. The van der Waals surface area contributed by atoms with Crippen LogP contribution in [0, 0.1) is 6.92 Å². The van der Waals surface area contributed by atoms with Gasteiger partial charge in [0.2, 0.25) is 0 Å². The van der Waals surface area contributed by atoms with E-state index in [1.807, 2.05) is 18.2 Å². The maximum atomic E-state index is 12.1. The lowest BCUT2D eigenvalue weighted by atomic mass is 10.2. The Balaban J connectivity index is 1.64. The molecule has 1 aliphatic rings. The number of hydrogen-bond donors (Lipinski definition) is 2. The summed E-state index contributed by atoms with van der Waals surface area (Å²) in [5.41, 5.74) is 0. The van der Waals surface area contributed by atoms with Crippen LogP contribution in [0.1, 0.15) is 5.82 Å². The number of nitrogens with zero attached hydrogens (tertiary/aromatic N) is 1. The van der Waals surface area contributed by atoms with Crippen molar-refractivity contribution in [1.82, 2.24) is 14.7 Å². The van der Waals surface area contributed by atoms with Gasteiger partial charge in [0.15, 0.2) is 16.5 Å². The Morgan fingerprint density at radius 1 is 1.38 bits per heavy atom. The molecule has 0 amide bonds. The van der Waals surface area contributed by atoms with Crippen LogP contribution >= 0.6 is 0 Å². The summed E-state index contributed by atoms with van der Waals surface area (Å²) in [4.78, 5) is 6.56. The van der Waals surface area contributed by atoms with Crippen LogP contribution in [-0.2, 0) is 10.0 Å². The lowest BCUT2D eigenvalue weighted by Gasteiger charge is -2.26. The molecular formula is C13H15N3O4S.